The second-order valence-electron chi connectivity index (χ2n) is 7.07. The lowest BCUT2D eigenvalue weighted by Crippen LogP contribution is -2.49. The smallest absolute Gasteiger partial charge is 0.233 e. The zero-order valence-electron chi connectivity index (χ0n) is 16.6. The molecule has 0 bridgehead atoms. The number of thioether (sulfide) groups is 1. The van der Waals surface area contributed by atoms with Gasteiger partial charge in [-0.1, -0.05) is 41.6 Å². The SMILES string of the molecule is Cc1c(Cl)cccc1-n1ccnc1SCC(=O)N1CCN(c2ccccc2F)CC1. The summed E-state index contributed by atoms with van der Waals surface area (Å²) in [5.74, 6) is 0.137. The maximum absolute atomic E-state index is 14.0. The van der Waals surface area contributed by atoms with Crippen molar-refractivity contribution in [2.24, 2.45) is 0 Å². The fourth-order valence-corrected chi connectivity index (χ4v) is 4.60. The van der Waals surface area contributed by atoms with E-state index in [2.05, 4.69) is 4.98 Å². The Balaban J connectivity index is 1.36. The Labute approximate surface area is 184 Å². The molecule has 0 atom stereocenters. The molecule has 0 N–H and O–H groups in total. The molecular weight excluding hydrogens is 423 g/mol. The van der Waals surface area contributed by atoms with Crippen LogP contribution in [0.2, 0.25) is 5.02 Å². The quantitative estimate of drug-likeness (QED) is 0.546. The van der Waals surface area contributed by atoms with Crippen LogP contribution in [0.15, 0.2) is 60.0 Å². The van der Waals surface area contributed by atoms with Gasteiger partial charge in [-0.15, -0.1) is 0 Å². The number of piperazine rings is 1. The molecule has 0 aliphatic carbocycles. The molecule has 8 heteroatoms. The molecule has 3 aromatic rings. The van der Waals surface area contributed by atoms with Crippen LogP contribution in [0.25, 0.3) is 5.69 Å². The molecule has 5 nitrogen and oxygen atoms in total. The first-order valence-corrected chi connectivity index (χ1v) is 11.1. The van der Waals surface area contributed by atoms with Crippen molar-refractivity contribution in [2.75, 3.05) is 36.8 Å². The summed E-state index contributed by atoms with van der Waals surface area (Å²) in [4.78, 5) is 21.0. The maximum atomic E-state index is 14.0. The molecule has 0 spiro atoms. The van der Waals surface area contributed by atoms with Gasteiger partial charge in [0.15, 0.2) is 5.16 Å². The third kappa shape index (κ3) is 4.32. The van der Waals surface area contributed by atoms with E-state index in [9.17, 15) is 9.18 Å². The lowest BCUT2D eigenvalue weighted by atomic mass is 10.2. The number of rotatable bonds is 5. The first-order chi connectivity index (χ1) is 14.5. The number of halogens is 2. The minimum Gasteiger partial charge on any atom is -0.366 e. The average molecular weight is 445 g/mol. The fraction of sp³-hybridized carbons (Fsp3) is 0.273. The molecule has 30 heavy (non-hydrogen) atoms. The summed E-state index contributed by atoms with van der Waals surface area (Å²) in [5.41, 5.74) is 2.51. The number of benzene rings is 2. The Hall–Kier alpha value is -2.51. The minimum atomic E-state index is -0.226. The molecule has 1 aliphatic heterocycles. The number of para-hydroxylation sites is 1. The third-order valence-corrected chi connectivity index (χ3v) is 6.62. The summed E-state index contributed by atoms with van der Waals surface area (Å²) >= 11 is 7.66. The topological polar surface area (TPSA) is 41.4 Å². The van der Waals surface area contributed by atoms with Gasteiger partial charge in [0.05, 0.1) is 17.1 Å². The van der Waals surface area contributed by atoms with Crippen molar-refractivity contribution in [1.82, 2.24) is 14.5 Å². The molecule has 0 saturated carbocycles. The maximum Gasteiger partial charge on any atom is 0.233 e. The largest absolute Gasteiger partial charge is 0.366 e. The van der Waals surface area contributed by atoms with E-state index in [1.807, 2.05) is 51.8 Å². The average Bonchev–Trinajstić information content (AvgIpc) is 3.23. The molecule has 1 aliphatic rings. The van der Waals surface area contributed by atoms with Gasteiger partial charge in [-0.3, -0.25) is 9.36 Å². The van der Waals surface area contributed by atoms with E-state index < -0.39 is 0 Å². The zero-order valence-corrected chi connectivity index (χ0v) is 18.2. The second-order valence-corrected chi connectivity index (χ2v) is 8.42. The number of carbonyl (C=O) groups is 1. The van der Waals surface area contributed by atoms with E-state index in [4.69, 9.17) is 11.6 Å². The Kier molecular flexibility index (Phi) is 6.29. The lowest BCUT2D eigenvalue weighted by molar-refractivity contribution is -0.128. The molecule has 1 saturated heterocycles. The number of hydrogen-bond donors (Lipinski definition) is 0. The van der Waals surface area contributed by atoms with Gasteiger partial charge in [-0.25, -0.2) is 9.37 Å². The zero-order chi connectivity index (χ0) is 21.1. The molecule has 4 rings (SSSR count). The first-order valence-electron chi connectivity index (χ1n) is 9.73. The van der Waals surface area contributed by atoms with Crippen molar-refractivity contribution in [3.05, 3.63) is 71.3 Å². The van der Waals surface area contributed by atoms with Crippen molar-refractivity contribution in [1.29, 1.82) is 0 Å². The van der Waals surface area contributed by atoms with E-state index in [0.717, 1.165) is 16.4 Å². The molecule has 0 unspecified atom stereocenters. The molecule has 2 aromatic carbocycles. The number of anilines is 1. The number of amides is 1. The van der Waals surface area contributed by atoms with Crippen molar-refractivity contribution < 1.29 is 9.18 Å². The summed E-state index contributed by atoms with van der Waals surface area (Å²) in [7, 11) is 0. The molecule has 0 radical (unpaired) electrons. The summed E-state index contributed by atoms with van der Waals surface area (Å²) < 4.78 is 15.9. The Morgan fingerprint density at radius 1 is 1.10 bits per heavy atom. The van der Waals surface area contributed by atoms with Gasteiger partial charge in [0, 0.05) is 43.6 Å². The van der Waals surface area contributed by atoms with E-state index >= 15 is 0 Å². The Morgan fingerprint density at radius 3 is 2.60 bits per heavy atom. The van der Waals surface area contributed by atoms with Crippen LogP contribution in [0, 0.1) is 12.7 Å². The van der Waals surface area contributed by atoms with Gasteiger partial charge in [-0.2, -0.15) is 0 Å². The fourth-order valence-electron chi connectivity index (χ4n) is 3.56. The van der Waals surface area contributed by atoms with Crippen LogP contribution in [-0.4, -0.2) is 52.3 Å². The molecule has 156 valence electrons. The molecule has 1 aromatic heterocycles. The van der Waals surface area contributed by atoms with Crippen LogP contribution in [-0.2, 0) is 4.79 Å². The van der Waals surface area contributed by atoms with Crippen LogP contribution >= 0.6 is 23.4 Å². The highest BCUT2D eigenvalue weighted by Crippen LogP contribution is 2.27. The molecular formula is C22H22ClFN4OS. The van der Waals surface area contributed by atoms with Crippen LogP contribution in [0.1, 0.15) is 5.56 Å². The highest BCUT2D eigenvalue weighted by atomic mass is 35.5. The number of aromatic nitrogens is 2. The molecule has 1 fully saturated rings. The molecule has 1 amide bonds. The van der Waals surface area contributed by atoms with Gasteiger partial charge in [0.2, 0.25) is 5.91 Å². The van der Waals surface area contributed by atoms with E-state index in [0.29, 0.717) is 42.6 Å². The number of carbonyl (C=O) groups excluding carboxylic acids is 1. The van der Waals surface area contributed by atoms with Crippen molar-refractivity contribution in [3.63, 3.8) is 0 Å². The summed E-state index contributed by atoms with van der Waals surface area (Å²) in [6, 6.07) is 12.5. The van der Waals surface area contributed by atoms with Gasteiger partial charge >= 0.3 is 0 Å². The highest BCUT2D eigenvalue weighted by molar-refractivity contribution is 7.99. The summed E-state index contributed by atoms with van der Waals surface area (Å²) in [5, 5.41) is 1.44. The third-order valence-electron chi connectivity index (χ3n) is 5.26. The predicted octanol–water partition coefficient (Wildman–Crippen LogP) is 4.41. The minimum absolute atomic E-state index is 0.0607. The van der Waals surface area contributed by atoms with Gasteiger partial charge in [0.1, 0.15) is 5.82 Å². The Morgan fingerprint density at radius 2 is 1.83 bits per heavy atom. The number of hydrogen-bond acceptors (Lipinski definition) is 4. The number of nitrogens with zero attached hydrogens (tertiary/aromatic N) is 4. The number of imidazole rings is 1. The van der Waals surface area contributed by atoms with Gasteiger partial charge in [0.25, 0.3) is 0 Å². The van der Waals surface area contributed by atoms with Crippen molar-refractivity contribution in [3.8, 4) is 5.69 Å². The van der Waals surface area contributed by atoms with Gasteiger partial charge in [-0.05, 0) is 36.8 Å². The van der Waals surface area contributed by atoms with Crippen molar-refractivity contribution in [2.45, 2.75) is 12.1 Å². The van der Waals surface area contributed by atoms with Crippen LogP contribution in [0.3, 0.4) is 0 Å². The molecule has 2 heterocycles. The van der Waals surface area contributed by atoms with E-state index in [-0.39, 0.29) is 11.7 Å². The Bertz CT molecular complexity index is 1050. The van der Waals surface area contributed by atoms with Gasteiger partial charge < -0.3 is 9.80 Å². The van der Waals surface area contributed by atoms with Crippen molar-refractivity contribution >= 4 is 35.0 Å². The summed E-state index contributed by atoms with van der Waals surface area (Å²) in [6.07, 6.45) is 3.60. The first kappa shape index (κ1) is 20.8. The van der Waals surface area contributed by atoms with E-state index in [1.165, 1.54) is 17.8 Å². The predicted molar refractivity (Wildman–Crippen MR) is 119 cm³/mol. The standard InChI is InChI=1S/C22H22ClFN4OS/c1-16-17(23)5-4-8-19(16)28-10-9-25-22(28)30-15-21(29)27-13-11-26(12-14-27)20-7-3-2-6-18(20)24/h2-10H,11-15H2,1H3. The van der Waals surface area contributed by atoms with Crippen LogP contribution < -0.4 is 4.90 Å². The highest BCUT2D eigenvalue weighted by Gasteiger charge is 2.23. The lowest BCUT2D eigenvalue weighted by Gasteiger charge is -2.36. The van der Waals surface area contributed by atoms with Crippen LogP contribution in [0.4, 0.5) is 10.1 Å². The normalized spacial score (nSPS) is 14.2. The monoisotopic (exact) mass is 444 g/mol. The summed E-state index contributed by atoms with van der Waals surface area (Å²) in [6.45, 7) is 4.36. The second kappa shape index (κ2) is 9.10. The van der Waals surface area contributed by atoms with E-state index in [1.54, 1.807) is 18.3 Å². The van der Waals surface area contributed by atoms with Crippen LogP contribution in [0.5, 0.6) is 0 Å².